The van der Waals surface area contributed by atoms with Crippen LogP contribution in [0.5, 0.6) is 5.75 Å². The SMILES string of the molecule is C[C@@H](OC(=O)c1ccc2c(c1)CCCC2)C(=O)Nc1ccccc1OC(F)F. The molecule has 1 aliphatic carbocycles. The van der Waals surface area contributed by atoms with Gasteiger partial charge in [-0.05, 0) is 68.0 Å². The van der Waals surface area contributed by atoms with Gasteiger partial charge < -0.3 is 14.8 Å². The summed E-state index contributed by atoms with van der Waals surface area (Å²) in [6.07, 6.45) is 3.05. The van der Waals surface area contributed by atoms with Gasteiger partial charge in [0.1, 0.15) is 5.75 Å². The predicted molar refractivity (Wildman–Crippen MR) is 99.7 cm³/mol. The van der Waals surface area contributed by atoms with E-state index < -0.39 is 24.6 Å². The zero-order valence-electron chi connectivity index (χ0n) is 15.4. The van der Waals surface area contributed by atoms with Crippen LogP contribution in [0.25, 0.3) is 0 Å². The molecule has 148 valence electrons. The molecule has 0 heterocycles. The first-order valence-corrected chi connectivity index (χ1v) is 9.11. The van der Waals surface area contributed by atoms with Gasteiger partial charge in [0.15, 0.2) is 6.10 Å². The molecule has 5 nitrogen and oxygen atoms in total. The minimum absolute atomic E-state index is 0.0736. The van der Waals surface area contributed by atoms with Crippen molar-refractivity contribution in [3.8, 4) is 5.75 Å². The number of carbonyl (C=O) groups excluding carboxylic acids is 2. The van der Waals surface area contributed by atoms with Gasteiger partial charge in [-0.1, -0.05) is 18.2 Å². The molecule has 2 aromatic rings. The molecule has 0 spiro atoms. The molecular formula is C21H21F2NO4. The van der Waals surface area contributed by atoms with Crippen molar-refractivity contribution in [3.05, 3.63) is 59.2 Å². The van der Waals surface area contributed by atoms with Gasteiger partial charge in [0.25, 0.3) is 5.91 Å². The number of halogens is 2. The standard InChI is InChI=1S/C21H21F2NO4/c1-13(19(25)24-17-8-4-5-9-18(17)28-21(22)23)27-20(26)16-11-10-14-6-2-3-7-15(14)12-16/h4-5,8-13,21H,2-3,6-7H2,1H3,(H,24,25)/t13-/m1/s1. The second-order valence-electron chi connectivity index (χ2n) is 6.60. The van der Waals surface area contributed by atoms with Crippen LogP contribution in [0.4, 0.5) is 14.5 Å². The number of benzene rings is 2. The Balaban J connectivity index is 1.64. The predicted octanol–water partition coefficient (Wildman–Crippen LogP) is 4.35. The highest BCUT2D eigenvalue weighted by molar-refractivity contribution is 5.98. The van der Waals surface area contributed by atoms with Crippen LogP contribution in [0.15, 0.2) is 42.5 Å². The molecule has 7 heteroatoms. The van der Waals surface area contributed by atoms with E-state index in [0.29, 0.717) is 5.56 Å². The Labute approximate surface area is 161 Å². The topological polar surface area (TPSA) is 64.6 Å². The number of ether oxygens (including phenoxy) is 2. The monoisotopic (exact) mass is 389 g/mol. The maximum Gasteiger partial charge on any atom is 0.387 e. The van der Waals surface area contributed by atoms with E-state index in [0.717, 1.165) is 31.2 Å². The van der Waals surface area contributed by atoms with E-state index in [9.17, 15) is 18.4 Å². The smallest absolute Gasteiger partial charge is 0.387 e. The normalized spacial score (nSPS) is 14.1. The molecule has 3 rings (SSSR count). The number of aryl methyl sites for hydroxylation is 2. The number of hydrogen-bond acceptors (Lipinski definition) is 4. The molecular weight excluding hydrogens is 368 g/mol. The Morgan fingerprint density at radius 1 is 1.04 bits per heavy atom. The van der Waals surface area contributed by atoms with E-state index >= 15 is 0 Å². The third kappa shape index (κ3) is 4.85. The fourth-order valence-corrected chi connectivity index (χ4v) is 3.15. The summed E-state index contributed by atoms with van der Waals surface area (Å²) >= 11 is 0. The van der Waals surface area contributed by atoms with Crippen molar-refractivity contribution in [1.29, 1.82) is 0 Å². The molecule has 1 atom stereocenters. The Kier molecular flexibility index (Phi) is 6.23. The number of nitrogens with one attached hydrogen (secondary N) is 1. The maximum absolute atomic E-state index is 12.5. The van der Waals surface area contributed by atoms with Crippen molar-refractivity contribution < 1.29 is 27.8 Å². The Bertz CT molecular complexity index is 869. The van der Waals surface area contributed by atoms with Gasteiger partial charge in [0.2, 0.25) is 0 Å². The number of rotatable bonds is 6. The molecule has 1 amide bonds. The Morgan fingerprint density at radius 3 is 2.50 bits per heavy atom. The number of fused-ring (bicyclic) bond motifs is 1. The van der Waals surface area contributed by atoms with Crippen molar-refractivity contribution in [1.82, 2.24) is 0 Å². The van der Waals surface area contributed by atoms with Crippen LogP contribution < -0.4 is 10.1 Å². The van der Waals surface area contributed by atoms with E-state index in [-0.39, 0.29) is 11.4 Å². The highest BCUT2D eigenvalue weighted by Gasteiger charge is 2.21. The average molecular weight is 389 g/mol. The minimum atomic E-state index is -3.02. The zero-order valence-corrected chi connectivity index (χ0v) is 15.4. The second-order valence-corrected chi connectivity index (χ2v) is 6.60. The number of amides is 1. The lowest BCUT2D eigenvalue weighted by molar-refractivity contribution is -0.123. The van der Waals surface area contributed by atoms with Crippen LogP contribution in [0.2, 0.25) is 0 Å². The van der Waals surface area contributed by atoms with Crippen molar-refractivity contribution in [3.63, 3.8) is 0 Å². The summed E-state index contributed by atoms with van der Waals surface area (Å²) in [4.78, 5) is 24.7. The number of para-hydroxylation sites is 2. The highest BCUT2D eigenvalue weighted by Crippen LogP contribution is 2.26. The van der Waals surface area contributed by atoms with E-state index in [1.807, 2.05) is 12.1 Å². The quantitative estimate of drug-likeness (QED) is 0.746. The van der Waals surface area contributed by atoms with Crippen molar-refractivity contribution in [2.75, 3.05) is 5.32 Å². The van der Waals surface area contributed by atoms with Crippen LogP contribution in [0.3, 0.4) is 0 Å². The third-order valence-corrected chi connectivity index (χ3v) is 4.60. The fraction of sp³-hybridized carbons (Fsp3) is 0.333. The van der Waals surface area contributed by atoms with E-state index in [4.69, 9.17) is 4.74 Å². The van der Waals surface area contributed by atoms with Gasteiger partial charge in [-0.25, -0.2) is 4.79 Å². The van der Waals surface area contributed by atoms with Gasteiger partial charge in [0.05, 0.1) is 11.3 Å². The molecule has 2 aromatic carbocycles. The Morgan fingerprint density at radius 2 is 1.75 bits per heavy atom. The minimum Gasteiger partial charge on any atom is -0.449 e. The summed E-state index contributed by atoms with van der Waals surface area (Å²) in [7, 11) is 0. The molecule has 0 radical (unpaired) electrons. The molecule has 1 N–H and O–H groups in total. The largest absolute Gasteiger partial charge is 0.449 e. The molecule has 0 saturated heterocycles. The third-order valence-electron chi connectivity index (χ3n) is 4.60. The summed E-state index contributed by atoms with van der Waals surface area (Å²) in [6.45, 7) is -1.60. The maximum atomic E-state index is 12.5. The molecule has 0 fully saturated rings. The first-order valence-electron chi connectivity index (χ1n) is 9.11. The van der Waals surface area contributed by atoms with Crippen molar-refractivity contribution >= 4 is 17.6 Å². The molecule has 0 unspecified atom stereocenters. The van der Waals surface area contributed by atoms with Gasteiger partial charge in [-0.2, -0.15) is 8.78 Å². The van der Waals surface area contributed by atoms with Gasteiger partial charge in [-0.3, -0.25) is 4.79 Å². The molecule has 0 saturated carbocycles. The molecule has 0 aliphatic heterocycles. The summed E-state index contributed by atoms with van der Waals surface area (Å²) in [5, 5.41) is 2.45. The van der Waals surface area contributed by atoms with E-state index in [2.05, 4.69) is 10.1 Å². The van der Waals surface area contributed by atoms with E-state index in [1.54, 1.807) is 12.1 Å². The van der Waals surface area contributed by atoms with Crippen molar-refractivity contribution in [2.24, 2.45) is 0 Å². The van der Waals surface area contributed by atoms with Crippen molar-refractivity contribution in [2.45, 2.75) is 45.3 Å². The van der Waals surface area contributed by atoms with Crippen LogP contribution in [-0.2, 0) is 22.4 Å². The number of esters is 1. The van der Waals surface area contributed by atoms with Crippen LogP contribution in [0.1, 0.15) is 41.3 Å². The molecule has 0 aromatic heterocycles. The summed E-state index contributed by atoms with van der Waals surface area (Å²) in [5.74, 6) is -1.41. The van der Waals surface area contributed by atoms with Crippen LogP contribution >= 0.6 is 0 Å². The number of carbonyl (C=O) groups is 2. The lowest BCUT2D eigenvalue weighted by atomic mass is 9.90. The molecule has 0 bridgehead atoms. The van der Waals surface area contributed by atoms with Gasteiger partial charge in [0, 0.05) is 0 Å². The molecule has 1 aliphatic rings. The van der Waals surface area contributed by atoms with Gasteiger partial charge in [-0.15, -0.1) is 0 Å². The molecule has 28 heavy (non-hydrogen) atoms. The summed E-state index contributed by atoms with van der Waals surface area (Å²) < 4.78 is 34.6. The van der Waals surface area contributed by atoms with Crippen LogP contribution in [0, 0.1) is 0 Å². The average Bonchev–Trinajstić information content (AvgIpc) is 2.68. The van der Waals surface area contributed by atoms with Gasteiger partial charge >= 0.3 is 12.6 Å². The lowest BCUT2D eigenvalue weighted by Crippen LogP contribution is -2.30. The van der Waals surface area contributed by atoms with E-state index in [1.165, 1.54) is 30.7 Å². The highest BCUT2D eigenvalue weighted by atomic mass is 19.3. The zero-order chi connectivity index (χ0) is 20.1. The second kappa shape index (κ2) is 8.82. The number of alkyl halides is 2. The number of hydrogen-bond donors (Lipinski definition) is 1. The number of anilines is 1. The fourth-order valence-electron chi connectivity index (χ4n) is 3.15. The first kappa shape index (κ1) is 19.8. The lowest BCUT2D eigenvalue weighted by Gasteiger charge is -2.18. The summed E-state index contributed by atoms with van der Waals surface area (Å²) in [5.41, 5.74) is 2.84. The Hall–Kier alpha value is -2.96. The summed E-state index contributed by atoms with van der Waals surface area (Å²) in [6, 6.07) is 11.2. The first-order chi connectivity index (χ1) is 13.4. The van der Waals surface area contributed by atoms with Crippen LogP contribution in [-0.4, -0.2) is 24.6 Å².